The van der Waals surface area contributed by atoms with Crippen molar-refractivity contribution >= 4 is 8.58 Å². The number of hydrogen-bond donors (Lipinski definition) is 0. The molecule has 5 unspecified atom stereocenters. The Morgan fingerprint density at radius 1 is 1.42 bits per heavy atom. The molecule has 5 atom stereocenters. The fourth-order valence-electron chi connectivity index (χ4n) is 3.48. The van der Waals surface area contributed by atoms with Gasteiger partial charge in [0.25, 0.3) is 0 Å². The van der Waals surface area contributed by atoms with Crippen LogP contribution >= 0.6 is 8.58 Å². The van der Waals surface area contributed by atoms with Crippen molar-refractivity contribution in [2.75, 3.05) is 6.16 Å². The van der Waals surface area contributed by atoms with Crippen LogP contribution in [0.1, 0.15) is 60.8 Å². The molecule has 0 saturated heterocycles. The van der Waals surface area contributed by atoms with Crippen molar-refractivity contribution in [2.24, 2.45) is 17.3 Å². The first-order valence-electron chi connectivity index (χ1n) is 7.98. The first-order valence-corrected chi connectivity index (χ1v) is 9.27. The molecule has 0 bridgehead atoms. The van der Waals surface area contributed by atoms with Gasteiger partial charge in [-0.15, -0.1) is 8.58 Å². The van der Waals surface area contributed by atoms with Crippen LogP contribution in [0.4, 0.5) is 0 Å². The lowest BCUT2D eigenvalue weighted by Gasteiger charge is -2.57. The summed E-state index contributed by atoms with van der Waals surface area (Å²) in [5.74, 6) is 1.69. The molecule has 1 aliphatic carbocycles. The SMILES string of the molecule is C/C=C/C1CC(C)C1(C)C(C/C(C)=C/C)PCCC. The van der Waals surface area contributed by atoms with Gasteiger partial charge in [0.2, 0.25) is 0 Å². The van der Waals surface area contributed by atoms with Gasteiger partial charge in [-0.2, -0.15) is 0 Å². The summed E-state index contributed by atoms with van der Waals surface area (Å²) >= 11 is 0. The second-order valence-electron chi connectivity index (χ2n) is 6.48. The van der Waals surface area contributed by atoms with E-state index in [0.717, 1.165) is 26.1 Å². The predicted octanol–water partition coefficient (Wildman–Crippen LogP) is 6.04. The molecular weight excluding hydrogens is 247 g/mol. The number of hydrogen-bond acceptors (Lipinski definition) is 0. The normalized spacial score (nSPS) is 34.1. The maximum atomic E-state index is 2.56. The molecule has 110 valence electrons. The third kappa shape index (κ3) is 3.72. The van der Waals surface area contributed by atoms with E-state index in [0.29, 0.717) is 5.41 Å². The molecule has 0 radical (unpaired) electrons. The Labute approximate surface area is 122 Å². The minimum atomic E-state index is 0.532. The van der Waals surface area contributed by atoms with E-state index in [-0.39, 0.29) is 0 Å². The number of allylic oxidation sites excluding steroid dienone is 4. The van der Waals surface area contributed by atoms with Gasteiger partial charge in [0.1, 0.15) is 0 Å². The molecule has 0 aromatic rings. The van der Waals surface area contributed by atoms with Crippen LogP contribution in [0.2, 0.25) is 0 Å². The van der Waals surface area contributed by atoms with Crippen molar-refractivity contribution in [2.45, 2.75) is 66.5 Å². The zero-order valence-corrected chi connectivity index (χ0v) is 14.8. The molecule has 1 saturated carbocycles. The zero-order valence-electron chi connectivity index (χ0n) is 13.8. The summed E-state index contributed by atoms with van der Waals surface area (Å²) in [7, 11) is 1.13. The van der Waals surface area contributed by atoms with E-state index in [1.165, 1.54) is 25.4 Å². The van der Waals surface area contributed by atoms with E-state index in [4.69, 9.17) is 0 Å². The molecule has 19 heavy (non-hydrogen) atoms. The standard InChI is InChI=1S/C18H33P/c1-7-10-16-13-15(5)18(16,6)17(19-11-8-2)12-14(4)9-3/h7,9-10,15-17,19H,8,11-13H2,1-6H3/b10-7+,14-9+. The third-order valence-corrected chi connectivity index (χ3v) is 7.41. The topological polar surface area (TPSA) is 0 Å². The summed E-state index contributed by atoms with van der Waals surface area (Å²) in [6.07, 6.45) is 12.5. The molecule has 0 nitrogen and oxygen atoms in total. The molecule has 0 aromatic carbocycles. The van der Waals surface area contributed by atoms with Crippen molar-refractivity contribution in [1.82, 2.24) is 0 Å². The number of rotatable bonds is 7. The molecule has 0 aliphatic heterocycles. The van der Waals surface area contributed by atoms with Crippen LogP contribution in [-0.2, 0) is 0 Å². The Morgan fingerprint density at radius 3 is 2.58 bits per heavy atom. The highest BCUT2D eigenvalue weighted by molar-refractivity contribution is 7.39. The van der Waals surface area contributed by atoms with Gasteiger partial charge < -0.3 is 0 Å². The first kappa shape index (κ1) is 17.0. The molecule has 0 aromatic heterocycles. The quantitative estimate of drug-likeness (QED) is 0.394. The maximum Gasteiger partial charge on any atom is -0.0137 e. The van der Waals surface area contributed by atoms with Crippen LogP contribution in [-0.4, -0.2) is 11.8 Å². The van der Waals surface area contributed by atoms with Crippen LogP contribution in [0.25, 0.3) is 0 Å². The summed E-state index contributed by atoms with van der Waals surface area (Å²) in [6, 6.07) is 0. The minimum absolute atomic E-state index is 0.532. The van der Waals surface area contributed by atoms with Crippen LogP contribution in [0, 0.1) is 17.3 Å². The Hall–Kier alpha value is -0.0900. The van der Waals surface area contributed by atoms with Crippen molar-refractivity contribution in [3.63, 3.8) is 0 Å². The lowest BCUT2D eigenvalue weighted by Crippen LogP contribution is -2.51. The van der Waals surface area contributed by atoms with Crippen molar-refractivity contribution < 1.29 is 0 Å². The van der Waals surface area contributed by atoms with Crippen LogP contribution < -0.4 is 0 Å². The van der Waals surface area contributed by atoms with Crippen molar-refractivity contribution in [3.8, 4) is 0 Å². The van der Waals surface area contributed by atoms with Gasteiger partial charge in [0.05, 0.1) is 0 Å². The van der Waals surface area contributed by atoms with Gasteiger partial charge in [0.15, 0.2) is 0 Å². The zero-order chi connectivity index (χ0) is 14.5. The summed E-state index contributed by atoms with van der Waals surface area (Å²) in [4.78, 5) is 0. The fraction of sp³-hybridized carbons (Fsp3) is 0.778. The molecule has 0 amide bonds. The smallest absolute Gasteiger partial charge is 0.0137 e. The van der Waals surface area contributed by atoms with E-state index in [9.17, 15) is 0 Å². The molecule has 1 rings (SSSR count). The van der Waals surface area contributed by atoms with Gasteiger partial charge in [-0.1, -0.05) is 51.0 Å². The Balaban J connectivity index is 2.87. The Bertz CT molecular complexity index is 329. The summed E-state index contributed by atoms with van der Waals surface area (Å²) in [6.45, 7) is 14.0. The molecule has 0 N–H and O–H groups in total. The van der Waals surface area contributed by atoms with Gasteiger partial charge >= 0.3 is 0 Å². The molecule has 1 aliphatic rings. The Kier molecular flexibility index (Phi) is 6.81. The highest BCUT2D eigenvalue weighted by atomic mass is 31.1. The molecule has 1 fully saturated rings. The van der Waals surface area contributed by atoms with E-state index >= 15 is 0 Å². The molecule has 0 heterocycles. The monoisotopic (exact) mass is 280 g/mol. The van der Waals surface area contributed by atoms with Gasteiger partial charge in [-0.05, 0) is 62.7 Å². The van der Waals surface area contributed by atoms with E-state index in [2.05, 4.69) is 59.8 Å². The summed E-state index contributed by atoms with van der Waals surface area (Å²) < 4.78 is 0. The highest BCUT2D eigenvalue weighted by Gasteiger charge is 2.51. The van der Waals surface area contributed by atoms with Crippen molar-refractivity contribution in [1.29, 1.82) is 0 Å². The fourth-order valence-corrected chi connectivity index (χ4v) is 5.53. The van der Waals surface area contributed by atoms with Gasteiger partial charge in [-0.3, -0.25) is 0 Å². The average Bonchev–Trinajstić information content (AvgIpc) is 2.42. The minimum Gasteiger partial charge on any atom is -0.118 e. The van der Waals surface area contributed by atoms with Crippen LogP contribution in [0.3, 0.4) is 0 Å². The summed E-state index contributed by atoms with van der Waals surface area (Å²) in [5.41, 5.74) is 2.99. The van der Waals surface area contributed by atoms with Crippen LogP contribution in [0.5, 0.6) is 0 Å². The van der Waals surface area contributed by atoms with Crippen molar-refractivity contribution in [3.05, 3.63) is 23.8 Å². The highest BCUT2D eigenvalue weighted by Crippen LogP contribution is 2.59. The summed E-state index contributed by atoms with van der Waals surface area (Å²) in [5, 5.41) is 0. The maximum absolute atomic E-state index is 2.56. The molecule has 0 spiro atoms. The van der Waals surface area contributed by atoms with Gasteiger partial charge in [0, 0.05) is 0 Å². The third-order valence-electron chi connectivity index (χ3n) is 5.30. The molecular formula is C18H33P. The Morgan fingerprint density at radius 2 is 2.11 bits per heavy atom. The van der Waals surface area contributed by atoms with Crippen LogP contribution in [0.15, 0.2) is 23.8 Å². The van der Waals surface area contributed by atoms with E-state index in [1.54, 1.807) is 5.57 Å². The van der Waals surface area contributed by atoms with E-state index < -0.39 is 0 Å². The largest absolute Gasteiger partial charge is 0.118 e. The van der Waals surface area contributed by atoms with E-state index in [1.807, 2.05) is 0 Å². The second-order valence-corrected chi connectivity index (χ2v) is 8.09. The van der Waals surface area contributed by atoms with Gasteiger partial charge in [-0.25, -0.2) is 0 Å². The lowest BCUT2D eigenvalue weighted by molar-refractivity contribution is 0.00236. The predicted molar refractivity (Wildman–Crippen MR) is 91.5 cm³/mol. The lowest BCUT2D eigenvalue weighted by atomic mass is 9.52. The average molecular weight is 280 g/mol. The first-order chi connectivity index (χ1) is 9.00. The molecule has 1 heteroatoms. The second kappa shape index (κ2) is 7.63.